The van der Waals surface area contributed by atoms with Crippen LogP contribution in [0, 0.1) is 0 Å². The molecule has 0 aliphatic heterocycles. The van der Waals surface area contributed by atoms with Crippen molar-refractivity contribution in [3.8, 4) is 44.5 Å². The van der Waals surface area contributed by atoms with Gasteiger partial charge in [0.25, 0.3) is 0 Å². The minimum absolute atomic E-state index is 0.175. The first kappa shape index (κ1) is 33.5. The van der Waals surface area contributed by atoms with Crippen LogP contribution in [0.25, 0.3) is 120 Å². The van der Waals surface area contributed by atoms with Gasteiger partial charge in [0, 0.05) is 21.8 Å². The Kier molecular flexibility index (Phi) is 6.85. The molecule has 1 aliphatic rings. The summed E-state index contributed by atoms with van der Waals surface area (Å²) in [6, 6.07) is 71.8. The molecule has 0 atom stereocenters. The van der Waals surface area contributed by atoms with E-state index in [4.69, 9.17) is 4.42 Å². The van der Waals surface area contributed by atoms with Crippen LogP contribution in [0.4, 0.5) is 0 Å². The Hall–Kier alpha value is -7.48. The van der Waals surface area contributed by atoms with E-state index in [-0.39, 0.29) is 5.41 Å². The van der Waals surface area contributed by atoms with Gasteiger partial charge in [-0.1, -0.05) is 196 Å². The second-order valence-corrected chi connectivity index (χ2v) is 17.1. The van der Waals surface area contributed by atoms with Crippen LogP contribution in [-0.2, 0) is 5.41 Å². The second-order valence-electron chi connectivity index (χ2n) is 17.1. The summed E-state index contributed by atoms with van der Waals surface area (Å²) >= 11 is 0. The molecule has 0 spiro atoms. The van der Waals surface area contributed by atoms with Gasteiger partial charge in [0.2, 0.25) is 0 Å². The van der Waals surface area contributed by atoms with E-state index in [1.54, 1.807) is 0 Å². The van der Waals surface area contributed by atoms with E-state index in [2.05, 4.69) is 208 Å². The van der Waals surface area contributed by atoms with Crippen LogP contribution in [-0.4, -0.2) is 0 Å². The molecule has 0 amide bonds. The first-order valence-electron chi connectivity index (χ1n) is 21.0. The molecule has 13 rings (SSSR count). The van der Waals surface area contributed by atoms with Gasteiger partial charge < -0.3 is 4.42 Å². The Balaban J connectivity index is 1.07. The van der Waals surface area contributed by atoms with E-state index in [1.165, 1.54) is 120 Å². The van der Waals surface area contributed by atoms with Gasteiger partial charge in [-0.2, -0.15) is 0 Å². The maximum absolute atomic E-state index is 7.11. The molecule has 12 aromatic rings. The highest BCUT2D eigenvalue weighted by Crippen LogP contribution is 2.54. The Morgan fingerprint density at radius 2 is 0.800 bits per heavy atom. The summed E-state index contributed by atoms with van der Waals surface area (Å²) in [6.45, 7) is 4.68. The van der Waals surface area contributed by atoms with E-state index in [0.717, 1.165) is 11.2 Å². The number of rotatable bonds is 3. The summed E-state index contributed by atoms with van der Waals surface area (Å²) in [5.41, 5.74) is 14.4. The van der Waals surface area contributed by atoms with Crippen molar-refractivity contribution in [2.75, 3.05) is 0 Å². The van der Waals surface area contributed by atoms with Crippen LogP contribution in [0.5, 0.6) is 0 Å². The molecule has 0 radical (unpaired) electrons. The molecule has 1 nitrogen and oxygen atoms in total. The fourth-order valence-corrected chi connectivity index (χ4v) is 11.1. The number of furan rings is 1. The first-order valence-corrected chi connectivity index (χ1v) is 21.0. The molecule has 0 N–H and O–H groups in total. The maximum Gasteiger partial charge on any atom is 0.140 e. The summed E-state index contributed by atoms with van der Waals surface area (Å²) < 4.78 is 7.11. The minimum atomic E-state index is -0.175. The molecule has 0 unspecified atom stereocenters. The fraction of sp³-hybridized carbons (Fsp3) is 0.0508. The summed E-state index contributed by atoms with van der Waals surface area (Å²) in [7, 11) is 0. The minimum Gasteiger partial charge on any atom is -0.456 e. The molecule has 0 saturated carbocycles. The van der Waals surface area contributed by atoms with Crippen LogP contribution in [0.1, 0.15) is 25.0 Å². The van der Waals surface area contributed by atoms with Crippen molar-refractivity contribution in [2.45, 2.75) is 19.3 Å². The van der Waals surface area contributed by atoms with E-state index in [1.807, 2.05) is 0 Å². The third kappa shape index (κ3) is 4.47. The predicted molar refractivity (Wildman–Crippen MR) is 255 cm³/mol. The van der Waals surface area contributed by atoms with Crippen LogP contribution in [0.3, 0.4) is 0 Å². The molecule has 280 valence electrons. The normalized spacial score (nSPS) is 13.3. The molecule has 60 heavy (non-hydrogen) atoms. The van der Waals surface area contributed by atoms with Gasteiger partial charge in [-0.25, -0.2) is 0 Å². The fourth-order valence-electron chi connectivity index (χ4n) is 11.1. The zero-order valence-electron chi connectivity index (χ0n) is 33.4. The standard InChI is InChI=1S/C59H38O/c1-59(2)52-29-14-13-22-41(52)49-32-33-50-56-43-23-8-7-21-39(43)51(34-53(56)60-58(50)57(49)59)40-30-31-48(38-20-6-5-19-37(38)40)55-46-26-11-9-24-44(46)54(45-25-10-12-27-47(45)55)42-28-15-17-35-16-3-4-18-36(35)42/h3-34H,1-2H3. The average Bonchev–Trinajstić information content (AvgIpc) is 3.79. The lowest BCUT2D eigenvalue weighted by molar-refractivity contribution is 0.620. The van der Waals surface area contributed by atoms with E-state index in [9.17, 15) is 0 Å². The van der Waals surface area contributed by atoms with Crippen molar-refractivity contribution >= 4 is 75.8 Å². The van der Waals surface area contributed by atoms with Crippen molar-refractivity contribution in [1.29, 1.82) is 0 Å². The molecular weight excluding hydrogens is 725 g/mol. The molecule has 0 bridgehead atoms. The number of hydrogen-bond donors (Lipinski definition) is 0. The summed E-state index contributed by atoms with van der Waals surface area (Å²) in [4.78, 5) is 0. The third-order valence-corrected chi connectivity index (χ3v) is 13.6. The lowest BCUT2D eigenvalue weighted by Gasteiger charge is -2.21. The van der Waals surface area contributed by atoms with Crippen molar-refractivity contribution in [3.63, 3.8) is 0 Å². The Bertz CT molecular complexity index is 3740. The van der Waals surface area contributed by atoms with Crippen LogP contribution in [0.15, 0.2) is 199 Å². The summed E-state index contributed by atoms with van der Waals surface area (Å²) in [5, 5.41) is 14.8. The topological polar surface area (TPSA) is 13.1 Å². The number of fused-ring (bicyclic) bond motifs is 13. The highest BCUT2D eigenvalue weighted by molar-refractivity contribution is 6.27. The third-order valence-electron chi connectivity index (χ3n) is 13.6. The molecule has 1 aliphatic carbocycles. The Morgan fingerprint density at radius 3 is 1.48 bits per heavy atom. The lowest BCUT2D eigenvalue weighted by atomic mass is 9.81. The summed E-state index contributed by atoms with van der Waals surface area (Å²) in [5.74, 6) is 0. The molecule has 0 saturated heterocycles. The summed E-state index contributed by atoms with van der Waals surface area (Å²) in [6.07, 6.45) is 0. The van der Waals surface area contributed by atoms with Gasteiger partial charge in [-0.05, 0) is 116 Å². The van der Waals surface area contributed by atoms with Crippen LogP contribution >= 0.6 is 0 Å². The zero-order chi connectivity index (χ0) is 39.7. The first-order chi connectivity index (χ1) is 29.6. The van der Waals surface area contributed by atoms with Crippen molar-refractivity contribution < 1.29 is 4.42 Å². The van der Waals surface area contributed by atoms with E-state index in [0.29, 0.717) is 0 Å². The van der Waals surface area contributed by atoms with Gasteiger partial charge in [0.1, 0.15) is 11.2 Å². The Morgan fingerprint density at radius 1 is 0.333 bits per heavy atom. The monoisotopic (exact) mass is 762 g/mol. The molecular formula is C59H38O. The van der Waals surface area contributed by atoms with E-state index >= 15 is 0 Å². The van der Waals surface area contributed by atoms with Gasteiger partial charge in [0.05, 0.1) is 0 Å². The lowest BCUT2D eigenvalue weighted by Crippen LogP contribution is -2.15. The molecule has 0 fully saturated rings. The SMILES string of the molecule is CC1(C)c2ccccc2-c2ccc3c(oc4cc(-c5ccc(-c6c7ccccc7c(-c7cccc8ccccc78)c7ccccc67)c6ccccc56)c5ccccc5c43)c21. The Labute approximate surface area is 347 Å². The van der Waals surface area contributed by atoms with Crippen LogP contribution < -0.4 is 0 Å². The highest BCUT2D eigenvalue weighted by Gasteiger charge is 2.38. The highest BCUT2D eigenvalue weighted by atomic mass is 16.3. The number of hydrogen-bond acceptors (Lipinski definition) is 1. The zero-order valence-corrected chi connectivity index (χ0v) is 33.4. The molecule has 1 heteroatoms. The van der Waals surface area contributed by atoms with Crippen LogP contribution in [0.2, 0.25) is 0 Å². The van der Waals surface area contributed by atoms with Gasteiger partial charge >= 0.3 is 0 Å². The second kappa shape index (κ2) is 12.3. The quantitative estimate of drug-likeness (QED) is 0.163. The molecule has 1 heterocycles. The maximum atomic E-state index is 7.11. The van der Waals surface area contributed by atoms with Crippen molar-refractivity contribution in [2.24, 2.45) is 0 Å². The van der Waals surface area contributed by atoms with Gasteiger partial charge in [0.15, 0.2) is 0 Å². The predicted octanol–water partition coefficient (Wildman–Crippen LogP) is 16.7. The molecule has 11 aromatic carbocycles. The van der Waals surface area contributed by atoms with E-state index < -0.39 is 0 Å². The van der Waals surface area contributed by atoms with Crippen molar-refractivity contribution in [1.82, 2.24) is 0 Å². The number of benzene rings is 11. The van der Waals surface area contributed by atoms with Gasteiger partial charge in [-0.3, -0.25) is 0 Å². The molecule has 1 aromatic heterocycles. The smallest absolute Gasteiger partial charge is 0.140 e. The van der Waals surface area contributed by atoms with Gasteiger partial charge in [-0.15, -0.1) is 0 Å². The van der Waals surface area contributed by atoms with Crippen molar-refractivity contribution in [3.05, 3.63) is 205 Å². The largest absolute Gasteiger partial charge is 0.456 e. The average molecular weight is 763 g/mol.